The number of aliphatic hydroxyl groups excluding tert-OH is 1. The van der Waals surface area contributed by atoms with Gasteiger partial charge in [-0.2, -0.15) is 0 Å². The smallest absolute Gasteiger partial charge is 0.251 e. The average molecular weight is 327 g/mol. The lowest BCUT2D eigenvalue weighted by atomic mass is 9.97. The van der Waals surface area contributed by atoms with Gasteiger partial charge in [-0.05, 0) is 24.1 Å². The molecule has 1 aromatic rings. The number of benzene rings is 1. The molecule has 0 unspecified atom stereocenters. The maximum absolute atomic E-state index is 12.3. The van der Waals surface area contributed by atoms with Gasteiger partial charge in [0.1, 0.15) is 6.61 Å². The van der Waals surface area contributed by atoms with Crippen molar-refractivity contribution in [3.63, 3.8) is 0 Å². The predicted octanol–water partition coefficient (Wildman–Crippen LogP) is 0.737. The summed E-state index contributed by atoms with van der Waals surface area (Å²) in [5.74, 6) is -0.480. The number of ether oxygens (including phenoxy) is 1. The molecule has 2 amide bonds. The second-order valence-corrected chi connectivity index (χ2v) is 5.54. The van der Waals surface area contributed by atoms with Crippen LogP contribution in [0.15, 0.2) is 24.3 Å². The minimum Gasteiger partial charge on any atom is -0.396 e. The van der Waals surface area contributed by atoms with Gasteiger partial charge in [0.2, 0.25) is 5.91 Å². The molecule has 1 aliphatic heterocycles. The van der Waals surface area contributed by atoms with Crippen molar-refractivity contribution < 1.29 is 19.4 Å². The summed E-state index contributed by atoms with van der Waals surface area (Å²) in [4.78, 5) is 25.7. The van der Waals surface area contributed by atoms with Crippen molar-refractivity contribution in [3.8, 4) is 0 Å². The molecular formula is C15H19ClN2O4. The lowest BCUT2D eigenvalue weighted by molar-refractivity contribution is -0.162. The highest BCUT2D eigenvalue weighted by molar-refractivity contribution is 6.30. The van der Waals surface area contributed by atoms with Crippen molar-refractivity contribution >= 4 is 23.4 Å². The normalized spacial score (nSPS) is 21.8. The number of amides is 2. The zero-order valence-corrected chi connectivity index (χ0v) is 13.0. The van der Waals surface area contributed by atoms with Crippen LogP contribution in [0.25, 0.3) is 0 Å². The van der Waals surface area contributed by atoms with Crippen molar-refractivity contribution in [3.05, 3.63) is 34.9 Å². The summed E-state index contributed by atoms with van der Waals surface area (Å²) in [7, 11) is 1.65. The minimum absolute atomic E-state index is 0.00477. The van der Waals surface area contributed by atoms with Crippen LogP contribution in [0.4, 0.5) is 0 Å². The van der Waals surface area contributed by atoms with E-state index in [4.69, 9.17) is 21.4 Å². The molecule has 7 heteroatoms. The predicted molar refractivity (Wildman–Crippen MR) is 81.4 cm³/mol. The number of halogens is 1. The Morgan fingerprint density at radius 3 is 2.77 bits per heavy atom. The lowest BCUT2D eigenvalue weighted by Gasteiger charge is -2.38. The first kappa shape index (κ1) is 16.7. The molecular weight excluding hydrogens is 308 g/mol. The van der Waals surface area contributed by atoms with Crippen LogP contribution in [0.5, 0.6) is 0 Å². The van der Waals surface area contributed by atoms with Gasteiger partial charge in [-0.15, -0.1) is 0 Å². The molecule has 0 aromatic heterocycles. The van der Waals surface area contributed by atoms with Gasteiger partial charge < -0.3 is 20.1 Å². The molecule has 2 rings (SSSR count). The molecule has 1 fully saturated rings. The Bertz CT molecular complexity index is 535. The third-order valence-corrected chi connectivity index (χ3v) is 3.84. The van der Waals surface area contributed by atoms with Crippen molar-refractivity contribution in [2.75, 3.05) is 26.8 Å². The summed E-state index contributed by atoms with van der Waals surface area (Å²) in [6.45, 7) is 0.240. The van der Waals surface area contributed by atoms with E-state index in [-0.39, 0.29) is 25.0 Å². The van der Waals surface area contributed by atoms with Gasteiger partial charge in [0.15, 0.2) is 6.10 Å². The van der Waals surface area contributed by atoms with Crippen LogP contribution in [0.3, 0.4) is 0 Å². The second kappa shape index (κ2) is 7.58. The molecule has 0 bridgehead atoms. The Morgan fingerprint density at radius 2 is 2.14 bits per heavy atom. The number of rotatable bonds is 5. The quantitative estimate of drug-likeness (QED) is 0.782. The van der Waals surface area contributed by atoms with Crippen LogP contribution in [0.2, 0.25) is 5.02 Å². The molecule has 1 aromatic carbocycles. The van der Waals surface area contributed by atoms with Crippen LogP contribution in [-0.4, -0.2) is 54.7 Å². The minimum atomic E-state index is -0.789. The number of nitrogens with one attached hydrogen (secondary N) is 1. The summed E-state index contributed by atoms with van der Waals surface area (Å²) in [6, 6.07) is 6.47. The molecule has 1 aliphatic rings. The summed E-state index contributed by atoms with van der Waals surface area (Å²) in [6.07, 6.45) is -0.318. The Labute approximate surface area is 134 Å². The molecule has 0 spiro atoms. The van der Waals surface area contributed by atoms with Gasteiger partial charge in [0.05, 0.1) is 6.04 Å². The van der Waals surface area contributed by atoms with E-state index in [2.05, 4.69) is 5.32 Å². The number of morpholine rings is 1. The topological polar surface area (TPSA) is 78.9 Å². The standard InChI is InChI=1S/C15H19ClN2O4/c1-18-12(20)9-22-14(15(21)17-7-2-8-19)13(18)10-3-5-11(16)6-4-10/h3-6,13-14,19H,2,7-9H2,1H3,(H,17,21)/t13-,14+/m1/s1. The summed E-state index contributed by atoms with van der Waals surface area (Å²) >= 11 is 5.88. The Morgan fingerprint density at radius 1 is 1.45 bits per heavy atom. The number of likely N-dealkylation sites (N-methyl/N-ethyl adjacent to an activating group) is 1. The number of carbonyl (C=O) groups is 2. The van der Waals surface area contributed by atoms with Gasteiger partial charge in [-0.25, -0.2) is 0 Å². The molecule has 1 heterocycles. The number of aliphatic hydroxyl groups is 1. The fourth-order valence-corrected chi connectivity index (χ4v) is 2.51. The van der Waals surface area contributed by atoms with Crippen molar-refractivity contribution in [1.29, 1.82) is 0 Å². The third kappa shape index (κ3) is 3.76. The van der Waals surface area contributed by atoms with Gasteiger partial charge in [-0.1, -0.05) is 23.7 Å². The van der Waals surface area contributed by atoms with Gasteiger partial charge in [0.25, 0.3) is 5.91 Å². The fourth-order valence-electron chi connectivity index (χ4n) is 2.38. The molecule has 0 aliphatic carbocycles. The summed E-state index contributed by atoms with van der Waals surface area (Å²) in [5.41, 5.74) is 0.780. The zero-order valence-electron chi connectivity index (χ0n) is 12.3. The lowest BCUT2D eigenvalue weighted by Crippen LogP contribution is -2.53. The summed E-state index contributed by atoms with van der Waals surface area (Å²) < 4.78 is 5.45. The van der Waals surface area contributed by atoms with Crippen molar-refractivity contribution in [2.24, 2.45) is 0 Å². The molecule has 22 heavy (non-hydrogen) atoms. The molecule has 6 nitrogen and oxygen atoms in total. The van der Waals surface area contributed by atoms with E-state index in [1.165, 1.54) is 4.90 Å². The monoisotopic (exact) mass is 326 g/mol. The number of hydrogen-bond donors (Lipinski definition) is 2. The van der Waals surface area contributed by atoms with Gasteiger partial charge in [-0.3, -0.25) is 9.59 Å². The van der Waals surface area contributed by atoms with Crippen LogP contribution < -0.4 is 5.32 Å². The number of hydrogen-bond acceptors (Lipinski definition) is 4. The van der Waals surface area contributed by atoms with E-state index in [0.29, 0.717) is 18.0 Å². The van der Waals surface area contributed by atoms with Crippen molar-refractivity contribution in [1.82, 2.24) is 10.2 Å². The number of carbonyl (C=O) groups excluding carboxylic acids is 2. The second-order valence-electron chi connectivity index (χ2n) is 5.10. The first-order valence-corrected chi connectivity index (χ1v) is 7.43. The largest absolute Gasteiger partial charge is 0.396 e. The Balaban J connectivity index is 2.20. The molecule has 2 atom stereocenters. The molecule has 2 N–H and O–H groups in total. The first-order valence-electron chi connectivity index (χ1n) is 7.06. The van der Waals surface area contributed by atoms with E-state index < -0.39 is 12.1 Å². The van der Waals surface area contributed by atoms with E-state index in [9.17, 15) is 9.59 Å². The van der Waals surface area contributed by atoms with Crippen LogP contribution >= 0.6 is 11.6 Å². The summed E-state index contributed by atoms with van der Waals surface area (Å²) in [5, 5.41) is 12.1. The average Bonchev–Trinajstić information content (AvgIpc) is 2.51. The van der Waals surface area contributed by atoms with Crippen LogP contribution in [0, 0.1) is 0 Å². The fraction of sp³-hybridized carbons (Fsp3) is 0.467. The highest BCUT2D eigenvalue weighted by atomic mass is 35.5. The zero-order chi connectivity index (χ0) is 16.1. The van der Waals surface area contributed by atoms with E-state index in [0.717, 1.165) is 5.56 Å². The Hall–Kier alpha value is -1.63. The molecule has 1 saturated heterocycles. The van der Waals surface area contributed by atoms with Crippen molar-refractivity contribution in [2.45, 2.75) is 18.6 Å². The van der Waals surface area contributed by atoms with Crippen LogP contribution in [0.1, 0.15) is 18.0 Å². The third-order valence-electron chi connectivity index (χ3n) is 3.59. The highest BCUT2D eigenvalue weighted by Crippen LogP contribution is 2.29. The van der Waals surface area contributed by atoms with Crippen LogP contribution in [-0.2, 0) is 14.3 Å². The first-order chi connectivity index (χ1) is 10.5. The van der Waals surface area contributed by atoms with E-state index >= 15 is 0 Å². The molecule has 120 valence electrons. The molecule has 0 saturated carbocycles. The van der Waals surface area contributed by atoms with E-state index in [1.807, 2.05) is 0 Å². The Kier molecular flexibility index (Phi) is 5.76. The SMILES string of the molecule is CN1C(=O)CO[C@H](C(=O)NCCCO)[C@H]1c1ccc(Cl)cc1. The maximum atomic E-state index is 12.3. The van der Waals surface area contributed by atoms with Gasteiger partial charge in [0, 0.05) is 25.2 Å². The maximum Gasteiger partial charge on any atom is 0.251 e. The molecule has 0 radical (unpaired) electrons. The van der Waals surface area contributed by atoms with E-state index in [1.54, 1.807) is 31.3 Å². The highest BCUT2D eigenvalue weighted by Gasteiger charge is 2.39. The number of nitrogens with zero attached hydrogens (tertiary/aromatic N) is 1. The van der Waals surface area contributed by atoms with Gasteiger partial charge >= 0.3 is 0 Å².